The lowest BCUT2D eigenvalue weighted by Crippen LogP contribution is -2.16. The average Bonchev–Trinajstić information content (AvgIpc) is 2.25. The first-order valence-electron chi connectivity index (χ1n) is 4.74. The van der Waals surface area contributed by atoms with Crippen molar-refractivity contribution in [1.82, 2.24) is 0 Å². The van der Waals surface area contributed by atoms with E-state index in [1.54, 1.807) is 0 Å². The summed E-state index contributed by atoms with van der Waals surface area (Å²) in [5.41, 5.74) is 3.62. The molecule has 1 aliphatic carbocycles. The van der Waals surface area contributed by atoms with Crippen molar-refractivity contribution in [2.24, 2.45) is 5.41 Å². The molecule has 0 unspecified atom stereocenters. The third kappa shape index (κ3) is 1.90. The molecule has 0 radical (unpaired) electrons. The zero-order valence-corrected chi connectivity index (χ0v) is 9.19. The molecule has 0 aliphatic heterocycles. The van der Waals surface area contributed by atoms with E-state index in [1.807, 2.05) is 19.9 Å². The molecule has 0 spiro atoms. The lowest BCUT2D eigenvalue weighted by Gasteiger charge is -2.15. The van der Waals surface area contributed by atoms with Crippen LogP contribution in [0.5, 0.6) is 0 Å². The van der Waals surface area contributed by atoms with Crippen molar-refractivity contribution < 1.29 is 4.79 Å². The lowest BCUT2D eigenvalue weighted by molar-refractivity contribution is -0.121. The molecule has 1 aliphatic rings. The van der Waals surface area contributed by atoms with Crippen molar-refractivity contribution in [3.63, 3.8) is 0 Å². The van der Waals surface area contributed by atoms with E-state index in [-0.39, 0.29) is 11.2 Å². The van der Waals surface area contributed by atoms with Crippen LogP contribution in [-0.2, 0) is 4.79 Å². The largest absolute Gasteiger partial charge is 0.294 e. The summed E-state index contributed by atoms with van der Waals surface area (Å²) in [5.74, 6) is 0.267. The summed E-state index contributed by atoms with van der Waals surface area (Å²) in [5, 5.41) is 0. The molecule has 0 aromatic carbocycles. The van der Waals surface area contributed by atoms with E-state index in [9.17, 15) is 4.79 Å². The highest BCUT2D eigenvalue weighted by Crippen LogP contribution is 2.37. The predicted octanol–water partition coefficient (Wildman–Crippen LogP) is 3.27. The molecule has 1 rings (SSSR count). The van der Waals surface area contributed by atoms with E-state index < -0.39 is 0 Å². The maximum atomic E-state index is 11.5. The number of carbonyl (C=O) groups excluding carboxylic acids is 1. The van der Waals surface area contributed by atoms with Crippen LogP contribution in [-0.4, -0.2) is 5.78 Å². The Hall–Kier alpha value is -0.850. The first kappa shape index (κ1) is 10.2. The van der Waals surface area contributed by atoms with Crippen LogP contribution in [0.1, 0.15) is 41.0 Å². The minimum atomic E-state index is -0.175. The molecule has 1 nitrogen and oxygen atoms in total. The molecular formula is C12H18O. The van der Waals surface area contributed by atoms with Gasteiger partial charge in [-0.2, -0.15) is 0 Å². The molecule has 13 heavy (non-hydrogen) atoms. The molecule has 0 amide bonds. The lowest BCUT2D eigenvalue weighted by atomic mass is 9.87. The molecule has 72 valence electrons. The predicted molar refractivity (Wildman–Crippen MR) is 55.5 cm³/mol. The summed E-state index contributed by atoms with van der Waals surface area (Å²) < 4.78 is 0. The zero-order valence-electron chi connectivity index (χ0n) is 9.19. The molecule has 0 saturated heterocycles. The number of allylic oxidation sites excluding steroid dienone is 4. The first-order valence-corrected chi connectivity index (χ1v) is 4.74. The van der Waals surface area contributed by atoms with E-state index in [0.29, 0.717) is 0 Å². The maximum Gasteiger partial charge on any atom is 0.161 e. The van der Waals surface area contributed by atoms with Gasteiger partial charge in [0.1, 0.15) is 0 Å². The smallest absolute Gasteiger partial charge is 0.161 e. The van der Waals surface area contributed by atoms with Crippen LogP contribution in [0.25, 0.3) is 0 Å². The normalized spacial score (nSPS) is 20.1. The Morgan fingerprint density at radius 1 is 1.31 bits per heavy atom. The number of hydrogen-bond donors (Lipinski definition) is 0. The number of carbonyl (C=O) groups is 1. The molecule has 0 saturated carbocycles. The molecule has 0 aromatic rings. The van der Waals surface area contributed by atoms with Crippen LogP contribution < -0.4 is 0 Å². The maximum absolute atomic E-state index is 11.5. The zero-order chi connectivity index (χ0) is 10.2. The van der Waals surface area contributed by atoms with Crippen molar-refractivity contribution in [2.45, 2.75) is 41.0 Å². The van der Waals surface area contributed by atoms with Gasteiger partial charge in [-0.15, -0.1) is 0 Å². The Labute approximate surface area is 80.5 Å². The summed E-state index contributed by atoms with van der Waals surface area (Å²) in [6, 6.07) is 0. The van der Waals surface area contributed by atoms with Gasteiger partial charge in [-0.25, -0.2) is 0 Å². The van der Waals surface area contributed by atoms with Crippen molar-refractivity contribution in [1.29, 1.82) is 0 Å². The van der Waals surface area contributed by atoms with E-state index in [1.165, 1.54) is 16.7 Å². The second-order valence-corrected chi connectivity index (χ2v) is 4.72. The molecule has 0 fully saturated rings. The highest BCUT2D eigenvalue weighted by molar-refractivity contribution is 5.98. The van der Waals surface area contributed by atoms with Gasteiger partial charge >= 0.3 is 0 Å². The van der Waals surface area contributed by atoms with Crippen LogP contribution in [0.2, 0.25) is 0 Å². The molecule has 0 heterocycles. The number of ketones is 1. The Morgan fingerprint density at radius 2 is 1.85 bits per heavy atom. The van der Waals surface area contributed by atoms with Gasteiger partial charge in [0.15, 0.2) is 5.78 Å². The van der Waals surface area contributed by atoms with Crippen molar-refractivity contribution >= 4 is 5.78 Å². The third-order valence-electron chi connectivity index (χ3n) is 2.84. The molecule has 0 N–H and O–H groups in total. The minimum Gasteiger partial charge on any atom is -0.294 e. The topological polar surface area (TPSA) is 17.1 Å². The Balaban J connectivity index is 2.97. The van der Waals surface area contributed by atoms with Crippen LogP contribution in [0.3, 0.4) is 0 Å². The van der Waals surface area contributed by atoms with Gasteiger partial charge in [-0.3, -0.25) is 4.79 Å². The van der Waals surface area contributed by atoms with Gasteiger partial charge in [0.05, 0.1) is 0 Å². The average molecular weight is 178 g/mol. The Morgan fingerprint density at radius 3 is 2.15 bits per heavy atom. The highest BCUT2D eigenvalue weighted by atomic mass is 16.1. The van der Waals surface area contributed by atoms with Gasteiger partial charge < -0.3 is 0 Å². The highest BCUT2D eigenvalue weighted by Gasteiger charge is 2.33. The SMILES string of the molecule is CC(C)=C(C)C1=CC(=O)C(C)(C)C1. The second-order valence-electron chi connectivity index (χ2n) is 4.72. The quantitative estimate of drug-likeness (QED) is 0.602. The summed E-state index contributed by atoms with van der Waals surface area (Å²) >= 11 is 0. The van der Waals surface area contributed by atoms with E-state index in [0.717, 1.165) is 6.42 Å². The Bertz CT molecular complexity index is 299. The fourth-order valence-electron chi connectivity index (χ4n) is 1.53. The van der Waals surface area contributed by atoms with Crippen molar-refractivity contribution in [3.05, 3.63) is 22.8 Å². The fourth-order valence-corrected chi connectivity index (χ4v) is 1.53. The van der Waals surface area contributed by atoms with Gasteiger partial charge in [0, 0.05) is 5.41 Å². The van der Waals surface area contributed by atoms with Crippen molar-refractivity contribution in [3.8, 4) is 0 Å². The second kappa shape index (κ2) is 3.13. The van der Waals surface area contributed by atoms with Crippen LogP contribution >= 0.6 is 0 Å². The van der Waals surface area contributed by atoms with Gasteiger partial charge in [0.2, 0.25) is 0 Å². The summed E-state index contributed by atoms with van der Waals surface area (Å²) in [6.07, 6.45) is 2.70. The fraction of sp³-hybridized carbons (Fsp3) is 0.583. The van der Waals surface area contributed by atoms with Gasteiger partial charge in [0.25, 0.3) is 0 Å². The summed E-state index contributed by atoms with van der Waals surface area (Å²) in [7, 11) is 0. The minimum absolute atomic E-state index is 0.175. The summed E-state index contributed by atoms with van der Waals surface area (Å²) in [6.45, 7) is 10.3. The molecule has 0 aromatic heterocycles. The van der Waals surface area contributed by atoms with E-state index in [2.05, 4.69) is 20.8 Å². The van der Waals surface area contributed by atoms with Gasteiger partial charge in [-0.1, -0.05) is 19.4 Å². The van der Waals surface area contributed by atoms with Crippen LogP contribution in [0, 0.1) is 5.41 Å². The monoisotopic (exact) mass is 178 g/mol. The van der Waals surface area contributed by atoms with Gasteiger partial charge in [-0.05, 0) is 44.4 Å². The molecule has 0 bridgehead atoms. The first-order chi connectivity index (χ1) is 5.84. The standard InChI is InChI=1S/C12H18O/c1-8(2)9(3)10-6-11(13)12(4,5)7-10/h6H,7H2,1-5H3. The van der Waals surface area contributed by atoms with Crippen molar-refractivity contribution in [2.75, 3.05) is 0 Å². The van der Waals surface area contributed by atoms with Crippen LogP contribution in [0.15, 0.2) is 22.8 Å². The van der Waals surface area contributed by atoms with Crippen LogP contribution in [0.4, 0.5) is 0 Å². The molecule has 0 atom stereocenters. The number of rotatable bonds is 1. The summed E-state index contributed by atoms with van der Waals surface area (Å²) in [4.78, 5) is 11.5. The Kier molecular flexibility index (Phi) is 2.47. The third-order valence-corrected chi connectivity index (χ3v) is 2.84. The van der Waals surface area contributed by atoms with E-state index >= 15 is 0 Å². The number of hydrogen-bond acceptors (Lipinski definition) is 1. The molecular weight excluding hydrogens is 160 g/mol. The van der Waals surface area contributed by atoms with E-state index in [4.69, 9.17) is 0 Å². The molecule has 1 heteroatoms.